The van der Waals surface area contributed by atoms with E-state index in [0.717, 1.165) is 12.8 Å². The van der Waals surface area contributed by atoms with Gasteiger partial charge in [-0.05, 0) is 36.2 Å². The van der Waals surface area contributed by atoms with Gasteiger partial charge in [-0.15, -0.1) is 11.8 Å². The number of hydrogen-bond donors (Lipinski definition) is 1. The predicted octanol–water partition coefficient (Wildman–Crippen LogP) is 4.69. The number of nitrogens with zero attached hydrogens (tertiary/aromatic N) is 1. The maximum absolute atomic E-state index is 14.7. The third-order valence-electron chi connectivity index (χ3n) is 4.90. The van der Waals surface area contributed by atoms with E-state index in [-0.39, 0.29) is 36.0 Å². The van der Waals surface area contributed by atoms with Gasteiger partial charge in [0.05, 0.1) is 23.8 Å². The number of carbonyl (C=O) groups excluding carboxylic acids is 2. The summed E-state index contributed by atoms with van der Waals surface area (Å²) in [5.74, 6) is -1.22. The number of nitrogens with two attached hydrogens (primary N) is 1. The minimum atomic E-state index is -0.750. The number of anilines is 1. The molecule has 1 heterocycles. The highest BCUT2D eigenvalue weighted by atomic mass is 32.2. The standard InChI is InChI=1S/C22H24F2N2O2S/c1-2-3-4-5-20(27)16-10-19-21(11-17(16)24)29-13-18(25)22(28)26(19)12-14-6-8-15(23)9-7-14/h6-11,18H,2-5,12-13,25H2,1H3/t18-/m0/s1. The van der Waals surface area contributed by atoms with E-state index < -0.39 is 11.9 Å². The molecule has 29 heavy (non-hydrogen) atoms. The van der Waals surface area contributed by atoms with Crippen molar-refractivity contribution in [2.45, 2.75) is 50.1 Å². The van der Waals surface area contributed by atoms with Gasteiger partial charge in [-0.25, -0.2) is 8.78 Å². The zero-order chi connectivity index (χ0) is 21.0. The maximum atomic E-state index is 14.7. The summed E-state index contributed by atoms with van der Waals surface area (Å²) in [7, 11) is 0. The normalized spacial score (nSPS) is 16.5. The van der Waals surface area contributed by atoms with Gasteiger partial charge in [0.25, 0.3) is 0 Å². The van der Waals surface area contributed by atoms with Crippen LogP contribution < -0.4 is 10.6 Å². The van der Waals surface area contributed by atoms with Crippen LogP contribution in [-0.4, -0.2) is 23.5 Å². The Kier molecular flexibility index (Phi) is 7.03. The minimum absolute atomic E-state index is 0.00664. The molecule has 0 unspecified atom stereocenters. The van der Waals surface area contributed by atoms with Gasteiger partial charge in [-0.2, -0.15) is 0 Å². The van der Waals surface area contributed by atoms with E-state index in [4.69, 9.17) is 5.73 Å². The monoisotopic (exact) mass is 418 g/mol. The van der Waals surface area contributed by atoms with Crippen LogP contribution in [0.4, 0.5) is 14.5 Å². The first kappa shape index (κ1) is 21.5. The summed E-state index contributed by atoms with van der Waals surface area (Å²) < 4.78 is 27.9. The number of rotatable bonds is 7. The van der Waals surface area contributed by atoms with Gasteiger partial charge in [0.1, 0.15) is 11.6 Å². The van der Waals surface area contributed by atoms with E-state index >= 15 is 0 Å². The second-order valence-electron chi connectivity index (χ2n) is 7.15. The number of benzene rings is 2. The van der Waals surface area contributed by atoms with Gasteiger partial charge < -0.3 is 10.6 Å². The fraction of sp³-hybridized carbons (Fsp3) is 0.364. The van der Waals surface area contributed by atoms with E-state index in [0.29, 0.717) is 28.3 Å². The maximum Gasteiger partial charge on any atom is 0.245 e. The first-order valence-corrected chi connectivity index (χ1v) is 10.7. The summed E-state index contributed by atoms with van der Waals surface area (Å²) >= 11 is 1.30. The van der Waals surface area contributed by atoms with Crippen molar-refractivity contribution in [1.29, 1.82) is 0 Å². The molecule has 2 N–H and O–H groups in total. The quantitative estimate of drug-likeness (QED) is 0.523. The van der Waals surface area contributed by atoms with Crippen LogP contribution in [0.2, 0.25) is 0 Å². The molecule has 4 nitrogen and oxygen atoms in total. The second kappa shape index (κ2) is 9.50. The van der Waals surface area contributed by atoms with Crippen molar-refractivity contribution < 1.29 is 18.4 Å². The third kappa shape index (κ3) is 5.03. The van der Waals surface area contributed by atoms with Crippen LogP contribution in [0.25, 0.3) is 0 Å². The van der Waals surface area contributed by atoms with Crippen molar-refractivity contribution in [1.82, 2.24) is 0 Å². The van der Waals surface area contributed by atoms with E-state index in [9.17, 15) is 18.4 Å². The average molecular weight is 419 g/mol. The highest BCUT2D eigenvalue weighted by Crippen LogP contribution is 2.37. The summed E-state index contributed by atoms with van der Waals surface area (Å²) in [5, 5.41) is 0. The molecule has 2 aromatic rings. The number of halogens is 2. The molecule has 0 saturated heterocycles. The van der Waals surface area contributed by atoms with Crippen molar-refractivity contribution in [2.75, 3.05) is 10.7 Å². The number of Topliss-reactive ketones (excluding diaryl/α,β-unsaturated/α-hetero) is 1. The highest BCUT2D eigenvalue weighted by molar-refractivity contribution is 7.99. The molecule has 0 aromatic heterocycles. The first-order valence-electron chi connectivity index (χ1n) is 9.71. The molecule has 1 aliphatic rings. The molecular weight excluding hydrogens is 394 g/mol. The molecule has 0 saturated carbocycles. The van der Waals surface area contributed by atoms with Gasteiger partial charge in [0.2, 0.25) is 5.91 Å². The molecule has 0 fully saturated rings. The molecule has 2 aromatic carbocycles. The van der Waals surface area contributed by atoms with E-state index in [1.165, 1.54) is 40.9 Å². The van der Waals surface area contributed by atoms with Crippen molar-refractivity contribution in [2.24, 2.45) is 5.73 Å². The van der Waals surface area contributed by atoms with Crippen molar-refractivity contribution in [3.8, 4) is 0 Å². The van der Waals surface area contributed by atoms with Crippen LogP contribution in [0.3, 0.4) is 0 Å². The molecular formula is C22H24F2N2O2S. The van der Waals surface area contributed by atoms with Crippen molar-refractivity contribution in [3.05, 3.63) is 59.2 Å². The zero-order valence-electron chi connectivity index (χ0n) is 16.3. The number of hydrogen-bond acceptors (Lipinski definition) is 4. The number of unbranched alkanes of at least 4 members (excludes halogenated alkanes) is 2. The largest absolute Gasteiger partial charge is 0.319 e. The van der Waals surface area contributed by atoms with Crippen LogP contribution in [0.5, 0.6) is 0 Å². The Morgan fingerprint density at radius 1 is 1.21 bits per heavy atom. The Morgan fingerprint density at radius 2 is 1.93 bits per heavy atom. The molecule has 7 heteroatoms. The third-order valence-corrected chi connectivity index (χ3v) is 6.07. The molecule has 0 aliphatic carbocycles. The molecule has 0 bridgehead atoms. The Balaban J connectivity index is 1.98. The summed E-state index contributed by atoms with van der Waals surface area (Å²) in [6, 6.07) is 7.85. The topological polar surface area (TPSA) is 63.4 Å². The number of amides is 1. The number of thioether (sulfide) groups is 1. The fourth-order valence-corrected chi connectivity index (χ4v) is 4.26. The van der Waals surface area contributed by atoms with Crippen LogP contribution in [0.15, 0.2) is 41.3 Å². The summed E-state index contributed by atoms with van der Waals surface area (Å²) in [6.07, 6.45) is 2.83. The summed E-state index contributed by atoms with van der Waals surface area (Å²) in [6.45, 7) is 2.20. The molecule has 1 aliphatic heterocycles. The van der Waals surface area contributed by atoms with Crippen molar-refractivity contribution >= 4 is 29.1 Å². The van der Waals surface area contributed by atoms with Crippen LogP contribution in [0, 0.1) is 11.6 Å². The lowest BCUT2D eigenvalue weighted by atomic mass is 10.0. The SMILES string of the molecule is CCCCCC(=O)c1cc2c(cc1F)SC[C@H](N)C(=O)N2Cc1ccc(F)cc1. The Morgan fingerprint density at radius 3 is 2.62 bits per heavy atom. The lowest BCUT2D eigenvalue weighted by Crippen LogP contribution is -2.44. The Labute approximate surface area is 173 Å². The smallest absolute Gasteiger partial charge is 0.245 e. The van der Waals surface area contributed by atoms with Gasteiger partial charge in [0, 0.05) is 17.1 Å². The number of carbonyl (C=O) groups is 2. The lowest BCUT2D eigenvalue weighted by Gasteiger charge is -2.25. The molecule has 154 valence electrons. The molecule has 0 spiro atoms. The summed E-state index contributed by atoms with van der Waals surface area (Å²) in [4.78, 5) is 27.5. The van der Waals surface area contributed by atoms with Gasteiger partial charge in [0.15, 0.2) is 5.78 Å². The van der Waals surface area contributed by atoms with E-state index in [1.807, 2.05) is 6.92 Å². The molecule has 1 atom stereocenters. The van der Waals surface area contributed by atoms with Crippen molar-refractivity contribution in [3.63, 3.8) is 0 Å². The molecule has 3 rings (SSSR count). The number of ketones is 1. The predicted molar refractivity (Wildman–Crippen MR) is 111 cm³/mol. The zero-order valence-corrected chi connectivity index (χ0v) is 17.1. The lowest BCUT2D eigenvalue weighted by molar-refractivity contribution is -0.119. The first-order chi connectivity index (χ1) is 13.9. The van der Waals surface area contributed by atoms with Gasteiger partial charge >= 0.3 is 0 Å². The minimum Gasteiger partial charge on any atom is -0.319 e. The highest BCUT2D eigenvalue weighted by Gasteiger charge is 2.30. The Hall–Kier alpha value is -2.25. The molecule has 1 amide bonds. The summed E-state index contributed by atoms with van der Waals surface area (Å²) in [5.41, 5.74) is 7.19. The average Bonchev–Trinajstić information content (AvgIpc) is 2.81. The second-order valence-corrected chi connectivity index (χ2v) is 8.21. The van der Waals surface area contributed by atoms with E-state index in [1.54, 1.807) is 12.1 Å². The van der Waals surface area contributed by atoms with Crippen LogP contribution >= 0.6 is 11.8 Å². The Bertz CT molecular complexity index is 902. The number of fused-ring (bicyclic) bond motifs is 1. The molecule has 0 radical (unpaired) electrons. The van der Waals surface area contributed by atoms with Gasteiger partial charge in [-0.1, -0.05) is 31.9 Å². The van der Waals surface area contributed by atoms with Crippen LogP contribution in [0.1, 0.15) is 48.5 Å². The van der Waals surface area contributed by atoms with E-state index in [2.05, 4.69) is 0 Å². The van der Waals surface area contributed by atoms with Gasteiger partial charge in [-0.3, -0.25) is 9.59 Å². The fourth-order valence-electron chi connectivity index (χ4n) is 3.26. The van der Waals surface area contributed by atoms with Crippen LogP contribution in [-0.2, 0) is 11.3 Å².